The van der Waals surface area contributed by atoms with E-state index in [9.17, 15) is 9.90 Å². The van der Waals surface area contributed by atoms with Crippen molar-refractivity contribution in [2.45, 2.75) is 77.2 Å². The predicted octanol–water partition coefficient (Wildman–Crippen LogP) is 5.63. The summed E-state index contributed by atoms with van der Waals surface area (Å²) in [6, 6.07) is 5.69. The summed E-state index contributed by atoms with van der Waals surface area (Å²) in [6.07, 6.45) is 9.74. The Morgan fingerprint density at radius 3 is 2.68 bits per heavy atom. The molecule has 0 aromatic heterocycles. The molecule has 0 unspecified atom stereocenters. The maximum Gasteiger partial charge on any atom is 0.231 e. The minimum atomic E-state index is -0.534. The molecule has 0 radical (unpaired) electrons. The van der Waals surface area contributed by atoms with Gasteiger partial charge in [0, 0.05) is 18.6 Å². The van der Waals surface area contributed by atoms with E-state index in [1.165, 1.54) is 19.3 Å². The summed E-state index contributed by atoms with van der Waals surface area (Å²) in [6.45, 7) is 5.49. The third-order valence-electron chi connectivity index (χ3n) is 11.0. The quantitative estimate of drug-likeness (QED) is 0.580. The molecule has 5 aliphatic rings. The Morgan fingerprint density at radius 2 is 1.85 bits per heavy atom. The summed E-state index contributed by atoms with van der Waals surface area (Å²) in [7, 11) is 1.85. The van der Waals surface area contributed by atoms with Gasteiger partial charge in [0.15, 0.2) is 17.3 Å². The summed E-state index contributed by atoms with van der Waals surface area (Å²) >= 11 is 0. The first-order valence-electron chi connectivity index (χ1n) is 13.4. The number of Topliss-reactive ketones (excluding diaryl/α,β-unsaturated/α-hetero) is 1. The van der Waals surface area contributed by atoms with E-state index in [1.807, 2.05) is 32.2 Å². The van der Waals surface area contributed by atoms with Gasteiger partial charge in [-0.15, -0.1) is 0 Å². The number of fused-ring (bicyclic) bond motifs is 6. The highest BCUT2D eigenvalue weighted by Gasteiger charge is 2.63. The van der Waals surface area contributed by atoms with E-state index >= 15 is 0 Å². The lowest BCUT2D eigenvalue weighted by Gasteiger charge is -2.62. The Bertz CT molecular complexity index is 971. The molecule has 0 spiro atoms. The van der Waals surface area contributed by atoms with Crippen molar-refractivity contribution in [2.75, 3.05) is 20.5 Å². The van der Waals surface area contributed by atoms with E-state index in [-0.39, 0.29) is 29.3 Å². The third-order valence-corrected chi connectivity index (χ3v) is 11.0. The average Bonchev–Trinajstić information content (AvgIpc) is 3.42. The molecule has 6 rings (SSSR count). The molecule has 1 heterocycles. The fraction of sp³-hybridized carbons (Fsp3) is 0.759. The first kappa shape index (κ1) is 22.8. The smallest absolute Gasteiger partial charge is 0.231 e. The van der Waals surface area contributed by atoms with Gasteiger partial charge in [-0.05, 0) is 117 Å². The SMILES string of the molecule is COC[C@]12CC[C@@](C)(O)C[C@@H]1CC[C@H]1[C@@H]3CC[C@H](C(=O)c4ccc5c(c4)OCO5)[C@@]3(C)CC[C@@H]12. The molecule has 0 bridgehead atoms. The van der Waals surface area contributed by atoms with Crippen molar-refractivity contribution in [3.63, 3.8) is 0 Å². The highest BCUT2D eigenvalue weighted by atomic mass is 16.7. The molecular formula is C29H40O5. The van der Waals surface area contributed by atoms with Gasteiger partial charge in [0.25, 0.3) is 0 Å². The fourth-order valence-electron chi connectivity index (χ4n) is 9.46. The number of carbonyl (C=O) groups excluding carboxylic acids is 1. The van der Waals surface area contributed by atoms with Gasteiger partial charge in [-0.3, -0.25) is 4.79 Å². The molecule has 34 heavy (non-hydrogen) atoms. The molecule has 186 valence electrons. The average molecular weight is 469 g/mol. The van der Waals surface area contributed by atoms with Crippen LogP contribution < -0.4 is 9.47 Å². The molecule has 0 saturated heterocycles. The lowest BCUT2D eigenvalue weighted by molar-refractivity contribution is -0.173. The number of rotatable bonds is 4. The number of ketones is 1. The molecule has 8 atom stereocenters. The molecular weight excluding hydrogens is 428 g/mol. The number of hydrogen-bond acceptors (Lipinski definition) is 5. The van der Waals surface area contributed by atoms with Gasteiger partial charge >= 0.3 is 0 Å². The van der Waals surface area contributed by atoms with Gasteiger partial charge in [-0.2, -0.15) is 0 Å². The van der Waals surface area contributed by atoms with Gasteiger partial charge in [0.2, 0.25) is 6.79 Å². The van der Waals surface area contributed by atoms with Crippen LogP contribution in [0.5, 0.6) is 11.5 Å². The van der Waals surface area contributed by atoms with E-state index in [1.54, 1.807) is 0 Å². The van der Waals surface area contributed by atoms with Crippen LogP contribution in [0, 0.1) is 40.4 Å². The number of benzene rings is 1. The van der Waals surface area contributed by atoms with Crippen LogP contribution in [0.15, 0.2) is 18.2 Å². The topological polar surface area (TPSA) is 65.0 Å². The summed E-state index contributed by atoms with van der Waals surface area (Å²) in [5.74, 6) is 4.28. The van der Waals surface area contributed by atoms with E-state index < -0.39 is 5.60 Å². The number of aliphatic hydroxyl groups is 1. The number of carbonyl (C=O) groups is 1. The Balaban J connectivity index is 1.27. The van der Waals surface area contributed by atoms with Crippen molar-refractivity contribution >= 4 is 5.78 Å². The predicted molar refractivity (Wildman–Crippen MR) is 129 cm³/mol. The summed E-state index contributed by atoms with van der Waals surface area (Å²) in [4.78, 5) is 13.8. The zero-order chi connectivity index (χ0) is 23.7. The standard InChI is InChI=1S/C29H40O5/c1-27(31)12-13-29(16-32-3)19(15-27)5-6-20-21-7-8-23(28(21,2)11-10-22(20)29)26(30)18-4-9-24-25(14-18)34-17-33-24/h4,9,14,19-23,31H,5-8,10-13,15-17H2,1-3H3/t19-,20-,21-,22-,23+,27+,28-,29+/m0/s1. The summed E-state index contributed by atoms with van der Waals surface area (Å²) < 4.78 is 16.9. The van der Waals surface area contributed by atoms with Crippen molar-refractivity contribution in [3.05, 3.63) is 23.8 Å². The summed E-state index contributed by atoms with van der Waals surface area (Å²) in [5.41, 5.74) is 0.497. The van der Waals surface area contributed by atoms with Crippen LogP contribution >= 0.6 is 0 Å². The van der Waals surface area contributed by atoms with Crippen molar-refractivity contribution in [1.29, 1.82) is 0 Å². The fourth-order valence-corrected chi connectivity index (χ4v) is 9.46. The van der Waals surface area contributed by atoms with Gasteiger partial charge in [-0.25, -0.2) is 0 Å². The van der Waals surface area contributed by atoms with E-state index in [2.05, 4.69) is 6.92 Å². The molecule has 5 nitrogen and oxygen atoms in total. The minimum absolute atomic E-state index is 0.0654. The molecule has 1 aromatic carbocycles. The van der Waals surface area contributed by atoms with Gasteiger partial charge < -0.3 is 19.3 Å². The molecule has 1 N–H and O–H groups in total. The molecule has 4 fully saturated rings. The molecule has 0 amide bonds. The number of hydrogen-bond donors (Lipinski definition) is 1. The van der Waals surface area contributed by atoms with E-state index in [0.29, 0.717) is 29.4 Å². The lowest BCUT2D eigenvalue weighted by atomic mass is 9.43. The Hall–Kier alpha value is -1.59. The Labute approximate surface area is 203 Å². The van der Waals surface area contributed by atoms with Crippen LogP contribution in [0.2, 0.25) is 0 Å². The molecule has 1 aliphatic heterocycles. The van der Waals surface area contributed by atoms with E-state index in [0.717, 1.165) is 56.4 Å². The first-order valence-corrected chi connectivity index (χ1v) is 13.4. The van der Waals surface area contributed by atoms with Gasteiger partial charge in [0.1, 0.15) is 0 Å². The Kier molecular flexibility index (Phi) is 5.35. The van der Waals surface area contributed by atoms with Crippen molar-refractivity contribution < 1.29 is 24.1 Å². The maximum absolute atomic E-state index is 13.8. The third kappa shape index (κ3) is 3.29. The minimum Gasteiger partial charge on any atom is -0.454 e. The highest BCUT2D eigenvalue weighted by molar-refractivity contribution is 5.99. The Morgan fingerprint density at radius 1 is 1.03 bits per heavy atom. The maximum atomic E-state index is 13.8. The van der Waals surface area contributed by atoms with Crippen molar-refractivity contribution in [2.24, 2.45) is 40.4 Å². The highest BCUT2D eigenvalue weighted by Crippen LogP contribution is 2.68. The lowest BCUT2D eigenvalue weighted by Crippen LogP contribution is -2.58. The van der Waals surface area contributed by atoms with Crippen LogP contribution in [-0.4, -0.2) is 37.0 Å². The zero-order valence-corrected chi connectivity index (χ0v) is 21.0. The van der Waals surface area contributed by atoms with Crippen LogP contribution in [0.3, 0.4) is 0 Å². The first-order chi connectivity index (χ1) is 16.3. The van der Waals surface area contributed by atoms with Crippen LogP contribution in [0.1, 0.15) is 82.0 Å². The van der Waals surface area contributed by atoms with Gasteiger partial charge in [-0.1, -0.05) is 6.92 Å². The second-order valence-electron chi connectivity index (χ2n) is 12.6. The molecule has 4 aliphatic carbocycles. The monoisotopic (exact) mass is 468 g/mol. The van der Waals surface area contributed by atoms with Crippen molar-refractivity contribution in [1.82, 2.24) is 0 Å². The summed E-state index contributed by atoms with van der Waals surface area (Å²) in [5, 5.41) is 10.9. The van der Waals surface area contributed by atoms with Crippen LogP contribution in [0.25, 0.3) is 0 Å². The van der Waals surface area contributed by atoms with E-state index in [4.69, 9.17) is 14.2 Å². The molecule has 4 saturated carbocycles. The number of ether oxygens (including phenoxy) is 3. The van der Waals surface area contributed by atoms with Crippen molar-refractivity contribution in [3.8, 4) is 11.5 Å². The molecule has 5 heteroatoms. The number of methoxy groups -OCH3 is 1. The largest absolute Gasteiger partial charge is 0.454 e. The van der Waals surface area contributed by atoms with Crippen LogP contribution in [-0.2, 0) is 4.74 Å². The normalized spacial score (nSPS) is 44.8. The van der Waals surface area contributed by atoms with Crippen LogP contribution in [0.4, 0.5) is 0 Å². The molecule has 1 aromatic rings. The second-order valence-corrected chi connectivity index (χ2v) is 12.6. The second kappa shape index (κ2) is 7.96. The zero-order valence-electron chi connectivity index (χ0n) is 21.0. The van der Waals surface area contributed by atoms with Gasteiger partial charge in [0.05, 0.1) is 12.2 Å².